The van der Waals surface area contributed by atoms with Gasteiger partial charge >= 0.3 is 6.09 Å². The number of nitrogens with two attached hydrogens (primary N) is 1. The molecule has 34 heavy (non-hydrogen) atoms. The lowest BCUT2D eigenvalue weighted by molar-refractivity contribution is -0.143. The molecule has 0 fully saturated rings. The van der Waals surface area contributed by atoms with E-state index in [1.165, 1.54) is 0 Å². The van der Waals surface area contributed by atoms with Crippen LogP contribution in [0.1, 0.15) is 65.1 Å². The summed E-state index contributed by atoms with van der Waals surface area (Å²) in [6.45, 7) is 11.6. The zero-order valence-electron chi connectivity index (χ0n) is 20.9. The van der Waals surface area contributed by atoms with Crippen LogP contribution in [0.15, 0.2) is 24.3 Å². The number of alkyl carbamates (subject to hydrolysis) is 1. The van der Waals surface area contributed by atoms with Crippen molar-refractivity contribution < 1.29 is 23.9 Å². The predicted octanol–water partition coefficient (Wildman–Crippen LogP) is 2.07. The van der Waals surface area contributed by atoms with E-state index in [0.29, 0.717) is 5.56 Å². The Kier molecular flexibility index (Phi) is 9.61. The van der Waals surface area contributed by atoms with Gasteiger partial charge < -0.3 is 26.0 Å². The molecule has 4 amide bonds. The molecule has 1 aromatic rings. The number of benzene rings is 1. The summed E-state index contributed by atoms with van der Waals surface area (Å²) in [5.41, 5.74) is 5.15. The Morgan fingerprint density at radius 1 is 1.15 bits per heavy atom. The summed E-state index contributed by atoms with van der Waals surface area (Å²) in [5.74, 6) is -2.18. The van der Waals surface area contributed by atoms with Gasteiger partial charge in [-0.3, -0.25) is 14.4 Å². The molecule has 0 saturated carbocycles. The molecule has 1 rings (SSSR count). The normalized spacial score (nSPS) is 13.1. The molecule has 0 saturated heterocycles. The number of rotatable bonds is 8. The number of hydrogen-bond donors (Lipinski definition) is 3. The first-order chi connectivity index (χ1) is 15.5. The second-order valence-corrected chi connectivity index (χ2v) is 10.0. The van der Waals surface area contributed by atoms with Crippen molar-refractivity contribution in [2.24, 2.45) is 5.73 Å². The molecule has 10 heteroatoms. The Hall–Kier alpha value is -3.61. The fraction of sp³-hybridized carbons (Fsp3) is 0.542. The van der Waals surface area contributed by atoms with E-state index in [1.54, 1.807) is 59.7 Å². The lowest BCUT2D eigenvalue weighted by Gasteiger charge is -2.34. The zero-order chi connectivity index (χ0) is 26.3. The Morgan fingerprint density at radius 3 is 2.24 bits per heavy atom. The van der Waals surface area contributed by atoms with Crippen LogP contribution in [0, 0.1) is 18.3 Å². The van der Waals surface area contributed by atoms with Crippen LogP contribution in [0.2, 0.25) is 0 Å². The van der Waals surface area contributed by atoms with Gasteiger partial charge in [-0.2, -0.15) is 5.26 Å². The minimum absolute atomic E-state index is 0.472. The molecule has 0 aromatic heterocycles. The smallest absolute Gasteiger partial charge is 0.408 e. The number of carbonyl (C=O) groups is 4. The molecule has 0 spiro atoms. The Bertz CT molecular complexity index is 956. The van der Waals surface area contributed by atoms with Crippen molar-refractivity contribution in [1.82, 2.24) is 15.5 Å². The van der Waals surface area contributed by atoms with Crippen molar-refractivity contribution in [3.63, 3.8) is 0 Å². The van der Waals surface area contributed by atoms with Gasteiger partial charge in [0.2, 0.25) is 17.7 Å². The van der Waals surface area contributed by atoms with Crippen molar-refractivity contribution in [2.45, 2.75) is 78.1 Å². The van der Waals surface area contributed by atoms with Crippen molar-refractivity contribution in [2.75, 3.05) is 6.54 Å². The molecule has 0 aliphatic carbocycles. The lowest BCUT2D eigenvalue weighted by Crippen LogP contribution is -2.55. The molecule has 10 nitrogen and oxygen atoms in total. The average Bonchev–Trinajstić information content (AvgIpc) is 2.63. The molecule has 0 bridgehead atoms. The minimum atomic E-state index is -1.43. The lowest BCUT2D eigenvalue weighted by atomic mass is 9.99. The highest BCUT2D eigenvalue weighted by Crippen LogP contribution is 2.24. The van der Waals surface area contributed by atoms with Crippen molar-refractivity contribution in [3.05, 3.63) is 35.4 Å². The average molecular weight is 474 g/mol. The highest BCUT2D eigenvalue weighted by Gasteiger charge is 2.37. The van der Waals surface area contributed by atoms with Crippen molar-refractivity contribution in [1.29, 1.82) is 5.26 Å². The highest BCUT2D eigenvalue weighted by molar-refractivity contribution is 5.94. The van der Waals surface area contributed by atoms with E-state index in [1.807, 2.05) is 19.1 Å². The van der Waals surface area contributed by atoms with Gasteiger partial charge in [-0.25, -0.2) is 4.79 Å². The van der Waals surface area contributed by atoms with E-state index in [-0.39, 0.29) is 0 Å². The molecule has 0 radical (unpaired) electrons. The molecular formula is C24H35N5O5. The maximum atomic E-state index is 13.6. The third-order valence-corrected chi connectivity index (χ3v) is 4.33. The molecule has 0 aliphatic heterocycles. The van der Waals surface area contributed by atoms with Crippen LogP contribution in [0.4, 0.5) is 4.79 Å². The summed E-state index contributed by atoms with van der Waals surface area (Å²) in [6.07, 6.45) is -1.48. The van der Waals surface area contributed by atoms with Gasteiger partial charge in [0.15, 0.2) is 0 Å². The van der Waals surface area contributed by atoms with E-state index < -0.39 is 60.0 Å². The number of aryl methyl sites for hydroxylation is 1. The second-order valence-electron chi connectivity index (χ2n) is 10.0. The Morgan fingerprint density at radius 2 is 1.76 bits per heavy atom. The van der Waals surface area contributed by atoms with Crippen LogP contribution in [0.3, 0.4) is 0 Å². The SMILES string of the molecule is Cc1cccc(C(C(=O)NC(C)(C)C)N(CC#N)C(=O)C(CC(N)=O)NC(=O)OC(C)(C)C)c1. The summed E-state index contributed by atoms with van der Waals surface area (Å²) < 4.78 is 5.20. The predicted molar refractivity (Wildman–Crippen MR) is 126 cm³/mol. The van der Waals surface area contributed by atoms with Gasteiger partial charge in [0.05, 0.1) is 12.5 Å². The van der Waals surface area contributed by atoms with Crippen LogP contribution in [0.5, 0.6) is 0 Å². The quantitative estimate of drug-likeness (QED) is 0.491. The van der Waals surface area contributed by atoms with E-state index in [9.17, 15) is 24.4 Å². The third kappa shape index (κ3) is 9.48. The maximum absolute atomic E-state index is 13.6. The van der Waals surface area contributed by atoms with Crippen LogP contribution >= 0.6 is 0 Å². The number of nitrogens with one attached hydrogen (secondary N) is 2. The summed E-state index contributed by atoms with van der Waals surface area (Å²) >= 11 is 0. The zero-order valence-corrected chi connectivity index (χ0v) is 20.9. The fourth-order valence-corrected chi connectivity index (χ4v) is 3.17. The van der Waals surface area contributed by atoms with Gasteiger partial charge in [-0.15, -0.1) is 0 Å². The maximum Gasteiger partial charge on any atom is 0.408 e. The minimum Gasteiger partial charge on any atom is -0.444 e. The first-order valence-electron chi connectivity index (χ1n) is 10.9. The Balaban J connectivity index is 3.48. The van der Waals surface area contributed by atoms with Crippen LogP contribution < -0.4 is 16.4 Å². The monoisotopic (exact) mass is 473 g/mol. The van der Waals surface area contributed by atoms with Gasteiger partial charge in [0.1, 0.15) is 24.2 Å². The first-order valence-corrected chi connectivity index (χ1v) is 10.9. The van der Waals surface area contributed by atoms with Gasteiger partial charge in [-0.1, -0.05) is 29.8 Å². The number of amides is 4. The molecule has 2 unspecified atom stereocenters. The third-order valence-electron chi connectivity index (χ3n) is 4.33. The van der Waals surface area contributed by atoms with Crippen molar-refractivity contribution >= 4 is 23.8 Å². The van der Waals surface area contributed by atoms with Crippen LogP contribution in [0.25, 0.3) is 0 Å². The molecule has 1 aromatic carbocycles. The number of ether oxygens (including phenoxy) is 1. The molecule has 2 atom stereocenters. The van der Waals surface area contributed by atoms with E-state index in [4.69, 9.17) is 10.5 Å². The van der Waals surface area contributed by atoms with Gasteiger partial charge in [0, 0.05) is 5.54 Å². The van der Waals surface area contributed by atoms with Gasteiger partial charge in [-0.05, 0) is 54.0 Å². The van der Waals surface area contributed by atoms with E-state index in [0.717, 1.165) is 10.5 Å². The molecule has 0 heterocycles. The highest BCUT2D eigenvalue weighted by atomic mass is 16.6. The summed E-state index contributed by atoms with van der Waals surface area (Å²) in [7, 11) is 0. The number of nitriles is 1. The summed E-state index contributed by atoms with van der Waals surface area (Å²) in [6, 6.07) is 6.23. The van der Waals surface area contributed by atoms with E-state index >= 15 is 0 Å². The largest absolute Gasteiger partial charge is 0.444 e. The van der Waals surface area contributed by atoms with Gasteiger partial charge in [0.25, 0.3) is 0 Å². The summed E-state index contributed by atoms with van der Waals surface area (Å²) in [4.78, 5) is 51.9. The van der Waals surface area contributed by atoms with Crippen LogP contribution in [-0.2, 0) is 19.1 Å². The van der Waals surface area contributed by atoms with Crippen LogP contribution in [-0.4, -0.2) is 52.4 Å². The number of nitrogens with zero attached hydrogens (tertiary/aromatic N) is 2. The fourth-order valence-electron chi connectivity index (χ4n) is 3.17. The number of hydrogen-bond acceptors (Lipinski definition) is 6. The number of carbonyl (C=O) groups excluding carboxylic acids is 4. The number of primary amides is 1. The first kappa shape index (κ1) is 28.4. The summed E-state index contributed by atoms with van der Waals surface area (Å²) in [5, 5.41) is 14.7. The topological polar surface area (TPSA) is 155 Å². The molecule has 0 aliphatic rings. The molecule has 186 valence electrons. The van der Waals surface area contributed by atoms with Crippen molar-refractivity contribution in [3.8, 4) is 6.07 Å². The second kappa shape index (κ2) is 11.5. The molecule has 4 N–H and O–H groups in total. The Labute approximate surface area is 200 Å². The molecular weight excluding hydrogens is 438 g/mol. The standard InChI is InChI=1S/C24H35N5O5/c1-15-9-8-10-16(13-15)19(20(31)28-23(2,3)4)29(12-11-25)21(32)17(14-18(26)30)27-22(33)34-24(5,6)7/h8-10,13,17,19H,12,14H2,1-7H3,(H2,26,30)(H,27,33)(H,28,31). The van der Waals surface area contributed by atoms with E-state index in [2.05, 4.69) is 10.6 Å².